The van der Waals surface area contributed by atoms with E-state index < -0.39 is 0 Å². The van der Waals surface area contributed by atoms with Crippen LogP contribution in [0.25, 0.3) is 66.1 Å². The van der Waals surface area contributed by atoms with Gasteiger partial charge in [0.15, 0.2) is 0 Å². The molecule has 5 aromatic carbocycles. The van der Waals surface area contributed by atoms with Crippen LogP contribution in [0.15, 0.2) is 128 Å². The van der Waals surface area contributed by atoms with Crippen molar-refractivity contribution in [1.82, 2.24) is 9.97 Å². The Balaban J connectivity index is 1.46. The summed E-state index contributed by atoms with van der Waals surface area (Å²) in [4.78, 5) is 7.54. The highest BCUT2D eigenvalue weighted by molar-refractivity contribution is 6.21. The third-order valence-electron chi connectivity index (χ3n) is 7.86. The maximum absolute atomic E-state index is 4.31. The smallest absolute Gasteiger partial charge is 0.0346 e. The molecule has 7 rings (SSSR count). The number of pyridine rings is 1. The number of aromatic nitrogens is 2. The zero-order valence-corrected chi connectivity index (χ0v) is 22.1. The predicted octanol–water partition coefficient (Wildman–Crippen LogP) is 10.0. The summed E-state index contributed by atoms with van der Waals surface area (Å²) in [6.07, 6.45) is 7.87. The van der Waals surface area contributed by atoms with Gasteiger partial charge in [-0.3, -0.25) is 4.98 Å². The van der Waals surface area contributed by atoms with E-state index in [4.69, 9.17) is 0 Å². The van der Waals surface area contributed by atoms with Gasteiger partial charge in [0.05, 0.1) is 0 Å². The van der Waals surface area contributed by atoms with E-state index in [9.17, 15) is 0 Å². The maximum Gasteiger partial charge on any atom is 0.0346 e. The minimum atomic E-state index is 1.13. The molecule has 2 heterocycles. The molecule has 0 amide bonds. The van der Waals surface area contributed by atoms with Crippen molar-refractivity contribution in [1.29, 1.82) is 0 Å². The normalized spacial score (nSPS) is 11.3. The van der Waals surface area contributed by atoms with Crippen molar-refractivity contribution in [3.8, 4) is 44.5 Å². The van der Waals surface area contributed by atoms with Crippen LogP contribution < -0.4 is 0 Å². The molecule has 0 bridgehead atoms. The molecule has 0 fully saturated rings. The molecule has 0 atom stereocenters. The van der Waals surface area contributed by atoms with Crippen molar-refractivity contribution in [3.05, 3.63) is 139 Å². The van der Waals surface area contributed by atoms with Crippen molar-refractivity contribution in [3.63, 3.8) is 0 Å². The Labute approximate surface area is 228 Å². The van der Waals surface area contributed by atoms with Crippen LogP contribution in [0.4, 0.5) is 0 Å². The highest BCUT2D eigenvalue weighted by atomic mass is 14.6. The number of rotatable bonds is 4. The number of fused-ring (bicyclic) bond motifs is 2. The van der Waals surface area contributed by atoms with Gasteiger partial charge in [-0.25, -0.2) is 0 Å². The molecule has 0 aliphatic heterocycles. The fourth-order valence-corrected chi connectivity index (χ4v) is 5.96. The molecule has 1 N–H and O–H groups in total. The Bertz CT molecular complexity index is 1900. The first kappa shape index (κ1) is 23.2. The van der Waals surface area contributed by atoms with Crippen LogP contribution in [0, 0.1) is 13.8 Å². The molecule has 0 unspecified atom stereocenters. The van der Waals surface area contributed by atoms with Crippen molar-refractivity contribution in [2.24, 2.45) is 0 Å². The predicted molar refractivity (Wildman–Crippen MR) is 165 cm³/mol. The van der Waals surface area contributed by atoms with E-state index in [1.165, 1.54) is 71.6 Å². The Hall–Kier alpha value is -4.95. The summed E-state index contributed by atoms with van der Waals surface area (Å²) in [6.45, 7) is 4.36. The standard InChI is InChI=1S/C37H28N2/c1-24-20-28(29-8-7-19-38-22-29)17-18-30(24)37-33-11-5-3-9-31(33)36(32-10-4-6-12-34(32)37)27-15-13-26(14-16-27)35-23-39-21-25(35)2/h3-23,39H,1-2H3. The first-order valence-corrected chi connectivity index (χ1v) is 13.4. The number of benzene rings is 5. The SMILES string of the molecule is Cc1c[nH]cc1-c1ccc(-c2c3ccccc3c(-c3ccc(-c4cccnc4)cc3C)c3ccccc23)cc1. The Morgan fingerprint density at radius 1 is 0.487 bits per heavy atom. The molecule has 0 saturated heterocycles. The summed E-state index contributed by atoms with van der Waals surface area (Å²) in [5.41, 5.74) is 12.4. The van der Waals surface area contributed by atoms with E-state index in [0.717, 1.165) is 5.56 Å². The lowest BCUT2D eigenvalue weighted by Gasteiger charge is -2.19. The summed E-state index contributed by atoms with van der Waals surface area (Å²) in [5.74, 6) is 0. The third kappa shape index (κ3) is 3.93. The van der Waals surface area contributed by atoms with Crippen molar-refractivity contribution in [2.45, 2.75) is 13.8 Å². The number of H-pyrrole nitrogens is 1. The van der Waals surface area contributed by atoms with Crippen molar-refractivity contribution in [2.75, 3.05) is 0 Å². The van der Waals surface area contributed by atoms with Gasteiger partial charge in [-0.05, 0) is 91.5 Å². The van der Waals surface area contributed by atoms with Crippen molar-refractivity contribution < 1.29 is 0 Å². The van der Waals surface area contributed by atoms with Crippen LogP contribution in [0.1, 0.15) is 11.1 Å². The monoisotopic (exact) mass is 500 g/mol. The number of hydrogen-bond donors (Lipinski definition) is 1. The molecule has 0 spiro atoms. The third-order valence-corrected chi connectivity index (χ3v) is 7.86. The number of hydrogen-bond acceptors (Lipinski definition) is 1. The van der Waals surface area contributed by atoms with E-state index in [-0.39, 0.29) is 0 Å². The molecule has 0 radical (unpaired) electrons. The van der Waals surface area contributed by atoms with E-state index in [2.05, 4.69) is 127 Å². The van der Waals surface area contributed by atoms with E-state index in [0.29, 0.717) is 0 Å². The molecule has 0 aliphatic carbocycles. The van der Waals surface area contributed by atoms with E-state index in [1.807, 2.05) is 24.7 Å². The molecule has 7 aromatic rings. The molecular weight excluding hydrogens is 472 g/mol. The molecular formula is C37H28N2. The fraction of sp³-hybridized carbons (Fsp3) is 0.0541. The first-order chi connectivity index (χ1) is 19.2. The van der Waals surface area contributed by atoms with Crippen LogP contribution in [0.3, 0.4) is 0 Å². The van der Waals surface area contributed by atoms with Gasteiger partial charge in [0.2, 0.25) is 0 Å². The topological polar surface area (TPSA) is 28.7 Å². The molecule has 2 aromatic heterocycles. The highest BCUT2D eigenvalue weighted by Crippen LogP contribution is 2.45. The zero-order valence-electron chi connectivity index (χ0n) is 22.1. The summed E-state index contributed by atoms with van der Waals surface area (Å²) in [5, 5.41) is 5.09. The van der Waals surface area contributed by atoms with Crippen molar-refractivity contribution >= 4 is 21.5 Å². The second-order valence-electron chi connectivity index (χ2n) is 10.2. The van der Waals surface area contributed by atoms with Gasteiger partial charge < -0.3 is 4.98 Å². The molecule has 39 heavy (non-hydrogen) atoms. The van der Waals surface area contributed by atoms with Crippen LogP contribution in [0.2, 0.25) is 0 Å². The lowest BCUT2D eigenvalue weighted by atomic mass is 9.84. The zero-order chi connectivity index (χ0) is 26.3. The number of aryl methyl sites for hydroxylation is 2. The lowest BCUT2D eigenvalue weighted by molar-refractivity contribution is 1.33. The maximum atomic E-state index is 4.31. The minimum Gasteiger partial charge on any atom is -0.367 e. The molecule has 186 valence electrons. The fourth-order valence-electron chi connectivity index (χ4n) is 5.96. The summed E-state index contributed by atoms with van der Waals surface area (Å²) >= 11 is 0. The average molecular weight is 501 g/mol. The second-order valence-corrected chi connectivity index (χ2v) is 10.2. The van der Waals surface area contributed by atoms with Crippen LogP contribution >= 0.6 is 0 Å². The van der Waals surface area contributed by atoms with E-state index >= 15 is 0 Å². The summed E-state index contributed by atoms with van der Waals surface area (Å²) in [6, 6.07) is 37.6. The van der Waals surface area contributed by atoms with Crippen LogP contribution in [0.5, 0.6) is 0 Å². The number of nitrogens with one attached hydrogen (secondary N) is 1. The first-order valence-electron chi connectivity index (χ1n) is 13.4. The average Bonchev–Trinajstić information content (AvgIpc) is 3.42. The van der Waals surface area contributed by atoms with Gasteiger partial charge in [-0.15, -0.1) is 0 Å². The van der Waals surface area contributed by atoms with Gasteiger partial charge in [-0.1, -0.05) is 97.1 Å². The van der Waals surface area contributed by atoms with Gasteiger partial charge in [0.1, 0.15) is 0 Å². The van der Waals surface area contributed by atoms with Gasteiger partial charge >= 0.3 is 0 Å². The summed E-state index contributed by atoms with van der Waals surface area (Å²) < 4.78 is 0. The lowest BCUT2D eigenvalue weighted by Crippen LogP contribution is -1.93. The Morgan fingerprint density at radius 2 is 1.10 bits per heavy atom. The van der Waals surface area contributed by atoms with Gasteiger partial charge in [0, 0.05) is 30.4 Å². The number of nitrogens with zero attached hydrogens (tertiary/aromatic N) is 1. The highest BCUT2D eigenvalue weighted by Gasteiger charge is 2.18. The van der Waals surface area contributed by atoms with Gasteiger partial charge in [-0.2, -0.15) is 0 Å². The Morgan fingerprint density at radius 3 is 1.67 bits per heavy atom. The van der Waals surface area contributed by atoms with Crippen LogP contribution in [-0.4, -0.2) is 9.97 Å². The molecule has 0 aliphatic rings. The second kappa shape index (κ2) is 9.41. The largest absolute Gasteiger partial charge is 0.367 e. The molecule has 2 heteroatoms. The number of aromatic amines is 1. The van der Waals surface area contributed by atoms with Crippen LogP contribution in [-0.2, 0) is 0 Å². The summed E-state index contributed by atoms with van der Waals surface area (Å²) in [7, 11) is 0. The molecule has 0 saturated carbocycles. The Kier molecular flexibility index (Phi) is 5.60. The quantitative estimate of drug-likeness (QED) is 0.239. The van der Waals surface area contributed by atoms with E-state index in [1.54, 1.807) is 0 Å². The van der Waals surface area contributed by atoms with Gasteiger partial charge in [0.25, 0.3) is 0 Å². The molecule has 2 nitrogen and oxygen atoms in total. The minimum absolute atomic E-state index is 1.13.